The van der Waals surface area contributed by atoms with Crippen LogP contribution in [-0.2, 0) is 0 Å². The quantitative estimate of drug-likeness (QED) is 0.653. The van der Waals surface area contributed by atoms with Crippen LogP contribution in [0.1, 0.15) is 65.2 Å². The van der Waals surface area contributed by atoms with Gasteiger partial charge in [-0.25, -0.2) is 0 Å². The Labute approximate surface area is 107 Å². The van der Waals surface area contributed by atoms with Crippen LogP contribution in [0, 0.1) is 0 Å². The van der Waals surface area contributed by atoms with E-state index in [4.69, 9.17) is 0 Å². The summed E-state index contributed by atoms with van der Waals surface area (Å²) in [6.45, 7) is 7.33. The Kier molecular flexibility index (Phi) is 5.30. The van der Waals surface area contributed by atoms with Crippen LogP contribution in [0.4, 0.5) is 0 Å². The largest absolute Gasteiger partial charge is 0.310 e. The van der Waals surface area contributed by atoms with Gasteiger partial charge in [-0.3, -0.25) is 4.90 Å². The molecule has 1 aliphatic carbocycles. The summed E-state index contributed by atoms with van der Waals surface area (Å²) in [5.41, 5.74) is 0. The third-order valence-corrected chi connectivity index (χ3v) is 4.37. The molecule has 0 aromatic rings. The highest BCUT2D eigenvalue weighted by Crippen LogP contribution is 2.23. The SMILES string of the molecule is CCCCCCC(C)N1CCC(NC2CC2)C1. The van der Waals surface area contributed by atoms with Gasteiger partial charge in [-0.2, -0.15) is 0 Å². The first kappa shape index (κ1) is 13.4. The number of hydrogen-bond donors (Lipinski definition) is 1. The number of nitrogens with one attached hydrogen (secondary N) is 1. The summed E-state index contributed by atoms with van der Waals surface area (Å²) in [7, 11) is 0. The van der Waals surface area contributed by atoms with Crippen LogP contribution in [0.3, 0.4) is 0 Å². The predicted molar refractivity (Wildman–Crippen MR) is 74.4 cm³/mol. The van der Waals surface area contributed by atoms with E-state index in [0.29, 0.717) is 0 Å². The minimum atomic E-state index is 0.792. The van der Waals surface area contributed by atoms with E-state index in [2.05, 4.69) is 24.1 Å². The lowest BCUT2D eigenvalue weighted by Gasteiger charge is -2.24. The number of rotatable bonds is 8. The molecule has 0 amide bonds. The Morgan fingerprint density at radius 2 is 1.94 bits per heavy atom. The lowest BCUT2D eigenvalue weighted by molar-refractivity contribution is 0.236. The van der Waals surface area contributed by atoms with Crippen molar-refractivity contribution in [2.45, 2.75) is 83.3 Å². The van der Waals surface area contributed by atoms with Crippen LogP contribution in [0.15, 0.2) is 0 Å². The molecule has 1 saturated carbocycles. The zero-order valence-electron chi connectivity index (χ0n) is 11.8. The van der Waals surface area contributed by atoms with Gasteiger partial charge in [0.05, 0.1) is 0 Å². The van der Waals surface area contributed by atoms with Gasteiger partial charge in [0.15, 0.2) is 0 Å². The van der Waals surface area contributed by atoms with E-state index in [1.165, 1.54) is 64.5 Å². The highest BCUT2D eigenvalue weighted by molar-refractivity contribution is 4.90. The van der Waals surface area contributed by atoms with E-state index in [-0.39, 0.29) is 0 Å². The summed E-state index contributed by atoms with van der Waals surface area (Å²) < 4.78 is 0. The van der Waals surface area contributed by atoms with Crippen molar-refractivity contribution in [1.82, 2.24) is 10.2 Å². The molecule has 0 bridgehead atoms. The van der Waals surface area contributed by atoms with E-state index in [1.54, 1.807) is 0 Å². The van der Waals surface area contributed by atoms with Gasteiger partial charge in [0.1, 0.15) is 0 Å². The highest BCUT2D eigenvalue weighted by Gasteiger charge is 2.30. The number of likely N-dealkylation sites (tertiary alicyclic amines) is 1. The van der Waals surface area contributed by atoms with Gasteiger partial charge in [-0.15, -0.1) is 0 Å². The van der Waals surface area contributed by atoms with Gasteiger partial charge in [0, 0.05) is 31.2 Å². The van der Waals surface area contributed by atoms with E-state index in [0.717, 1.165) is 18.1 Å². The molecule has 2 rings (SSSR count). The second kappa shape index (κ2) is 6.75. The van der Waals surface area contributed by atoms with Gasteiger partial charge in [-0.1, -0.05) is 32.6 Å². The smallest absolute Gasteiger partial charge is 0.0209 e. The fourth-order valence-electron chi connectivity index (χ4n) is 2.96. The maximum absolute atomic E-state index is 3.77. The summed E-state index contributed by atoms with van der Waals surface area (Å²) in [6, 6.07) is 2.47. The van der Waals surface area contributed by atoms with Crippen molar-refractivity contribution in [3.8, 4) is 0 Å². The van der Waals surface area contributed by atoms with E-state index >= 15 is 0 Å². The standard InChI is InChI=1S/C15H30N2/c1-3-4-5-6-7-13(2)17-11-10-15(12-17)16-14-8-9-14/h13-16H,3-12H2,1-2H3. The molecule has 2 aliphatic rings. The van der Waals surface area contributed by atoms with E-state index in [1.807, 2.05) is 0 Å². The monoisotopic (exact) mass is 238 g/mol. The third kappa shape index (κ3) is 4.59. The molecule has 2 heteroatoms. The van der Waals surface area contributed by atoms with Gasteiger partial charge in [0.25, 0.3) is 0 Å². The van der Waals surface area contributed by atoms with Gasteiger partial charge >= 0.3 is 0 Å². The van der Waals surface area contributed by atoms with Crippen molar-refractivity contribution in [3.63, 3.8) is 0 Å². The predicted octanol–water partition coefficient (Wildman–Crippen LogP) is 3.17. The molecule has 1 aliphatic heterocycles. The molecule has 2 unspecified atom stereocenters. The van der Waals surface area contributed by atoms with Crippen LogP contribution in [0.5, 0.6) is 0 Å². The highest BCUT2D eigenvalue weighted by atomic mass is 15.2. The number of unbranched alkanes of at least 4 members (excludes halogenated alkanes) is 3. The summed E-state index contributed by atoms with van der Waals surface area (Å²) in [4.78, 5) is 2.70. The first-order valence-corrected chi connectivity index (χ1v) is 7.79. The van der Waals surface area contributed by atoms with Crippen molar-refractivity contribution in [2.75, 3.05) is 13.1 Å². The summed E-state index contributed by atoms with van der Waals surface area (Å²) in [5, 5.41) is 3.77. The minimum Gasteiger partial charge on any atom is -0.310 e. The lowest BCUT2D eigenvalue weighted by atomic mass is 10.1. The molecular weight excluding hydrogens is 208 g/mol. The zero-order valence-corrected chi connectivity index (χ0v) is 11.8. The van der Waals surface area contributed by atoms with Crippen LogP contribution >= 0.6 is 0 Å². The second-order valence-corrected chi connectivity index (χ2v) is 6.12. The maximum atomic E-state index is 3.77. The van der Waals surface area contributed by atoms with Crippen molar-refractivity contribution < 1.29 is 0 Å². The Bertz CT molecular complexity index is 213. The molecule has 100 valence electrons. The van der Waals surface area contributed by atoms with E-state index < -0.39 is 0 Å². The molecule has 1 heterocycles. The molecule has 1 saturated heterocycles. The molecule has 0 radical (unpaired) electrons. The average Bonchev–Trinajstić information content (AvgIpc) is 3.00. The molecule has 0 spiro atoms. The zero-order chi connectivity index (χ0) is 12.1. The normalized spacial score (nSPS) is 27.5. The van der Waals surface area contributed by atoms with Crippen molar-refractivity contribution in [1.29, 1.82) is 0 Å². The number of hydrogen-bond acceptors (Lipinski definition) is 2. The molecule has 1 N–H and O–H groups in total. The fourth-order valence-corrected chi connectivity index (χ4v) is 2.96. The molecule has 2 atom stereocenters. The topological polar surface area (TPSA) is 15.3 Å². The molecular formula is C15H30N2. The Morgan fingerprint density at radius 3 is 2.65 bits per heavy atom. The van der Waals surface area contributed by atoms with Gasteiger partial charge < -0.3 is 5.32 Å². The van der Waals surface area contributed by atoms with Crippen molar-refractivity contribution in [3.05, 3.63) is 0 Å². The fraction of sp³-hybridized carbons (Fsp3) is 1.00. The van der Waals surface area contributed by atoms with Gasteiger partial charge in [-0.05, 0) is 32.6 Å². The second-order valence-electron chi connectivity index (χ2n) is 6.12. The Morgan fingerprint density at radius 1 is 1.12 bits per heavy atom. The third-order valence-electron chi connectivity index (χ3n) is 4.37. The maximum Gasteiger partial charge on any atom is 0.0209 e. The molecule has 0 aromatic heterocycles. The van der Waals surface area contributed by atoms with E-state index in [9.17, 15) is 0 Å². The first-order valence-electron chi connectivity index (χ1n) is 7.79. The Hall–Kier alpha value is -0.0800. The summed E-state index contributed by atoms with van der Waals surface area (Å²) in [6.07, 6.45) is 11.2. The van der Waals surface area contributed by atoms with Crippen LogP contribution in [0.2, 0.25) is 0 Å². The molecule has 0 aromatic carbocycles. The summed E-state index contributed by atoms with van der Waals surface area (Å²) in [5.74, 6) is 0. The van der Waals surface area contributed by atoms with Crippen LogP contribution in [0.25, 0.3) is 0 Å². The Balaban J connectivity index is 1.57. The lowest BCUT2D eigenvalue weighted by Crippen LogP contribution is -2.37. The first-order chi connectivity index (χ1) is 8.29. The number of nitrogens with zero attached hydrogens (tertiary/aromatic N) is 1. The minimum absolute atomic E-state index is 0.792. The molecule has 17 heavy (non-hydrogen) atoms. The van der Waals surface area contributed by atoms with Crippen LogP contribution in [-0.4, -0.2) is 36.1 Å². The van der Waals surface area contributed by atoms with Crippen molar-refractivity contribution >= 4 is 0 Å². The average molecular weight is 238 g/mol. The van der Waals surface area contributed by atoms with Crippen molar-refractivity contribution in [2.24, 2.45) is 0 Å². The van der Waals surface area contributed by atoms with Crippen LogP contribution < -0.4 is 5.32 Å². The summed E-state index contributed by atoms with van der Waals surface area (Å²) >= 11 is 0. The van der Waals surface area contributed by atoms with Gasteiger partial charge in [0.2, 0.25) is 0 Å². The molecule has 2 fully saturated rings. The molecule has 2 nitrogen and oxygen atoms in total.